The molecule has 10 aromatic rings. The van der Waals surface area contributed by atoms with Crippen molar-refractivity contribution in [3.05, 3.63) is 212 Å². The average Bonchev–Trinajstić information content (AvgIpc) is 3.24. The molecule has 1 heteroatoms. The fourth-order valence-corrected chi connectivity index (χ4v) is 7.89. The Balaban J connectivity index is 1.09. The van der Waals surface area contributed by atoms with Gasteiger partial charge in [-0.3, -0.25) is 0 Å². The molecule has 0 aromatic heterocycles. The monoisotopic (exact) mass is 673 g/mol. The number of fused-ring (bicyclic) bond motifs is 6. The minimum absolute atomic E-state index is 1.11. The van der Waals surface area contributed by atoms with Crippen molar-refractivity contribution in [2.45, 2.75) is 0 Å². The van der Waals surface area contributed by atoms with E-state index in [4.69, 9.17) is 0 Å². The van der Waals surface area contributed by atoms with Crippen LogP contribution in [0.25, 0.3) is 76.5 Å². The summed E-state index contributed by atoms with van der Waals surface area (Å²) in [5.41, 5.74) is 10.6. The van der Waals surface area contributed by atoms with Crippen LogP contribution in [0.2, 0.25) is 0 Å². The summed E-state index contributed by atoms with van der Waals surface area (Å²) in [5.74, 6) is 0. The van der Waals surface area contributed by atoms with Crippen LogP contribution in [0, 0.1) is 0 Å². The van der Waals surface area contributed by atoms with Crippen LogP contribution in [-0.4, -0.2) is 0 Å². The van der Waals surface area contributed by atoms with Gasteiger partial charge >= 0.3 is 0 Å². The van der Waals surface area contributed by atoms with Gasteiger partial charge in [0, 0.05) is 17.1 Å². The fourth-order valence-electron chi connectivity index (χ4n) is 7.89. The van der Waals surface area contributed by atoms with E-state index in [1.54, 1.807) is 0 Å². The lowest BCUT2D eigenvalue weighted by Crippen LogP contribution is -2.10. The van der Waals surface area contributed by atoms with Gasteiger partial charge in [-0.25, -0.2) is 0 Å². The number of benzene rings is 10. The van der Waals surface area contributed by atoms with E-state index in [2.05, 4.69) is 217 Å². The summed E-state index contributed by atoms with van der Waals surface area (Å²) in [6.45, 7) is 0. The summed E-state index contributed by atoms with van der Waals surface area (Å²) in [5, 5.41) is 10.1. The third kappa shape index (κ3) is 5.69. The first-order valence-electron chi connectivity index (χ1n) is 18.2. The molecule has 0 fully saturated rings. The highest BCUT2D eigenvalue weighted by molar-refractivity contribution is 6.17. The Morgan fingerprint density at radius 1 is 0.208 bits per heavy atom. The van der Waals surface area contributed by atoms with E-state index < -0.39 is 0 Å². The summed E-state index contributed by atoms with van der Waals surface area (Å²) >= 11 is 0. The van der Waals surface area contributed by atoms with Crippen LogP contribution in [0.3, 0.4) is 0 Å². The van der Waals surface area contributed by atoms with Crippen molar-refractivity contribution in [1.82, 2.24) is 0 Å². The van der Waals surface area contributed by atoms with Gasteiger partial charge in [0.05, 0.1) is 0 Å². The molecule has 0 aliphatic rings. The summed E-state index contributed by atoms with van der Waals surface area (Å²) in [6.07, 6.45) is 0. The SMILES string of the molecule is c1ccc(-c2ccc(N(c3cccc(-c4ccccc4)c3)c3ccc4ccc(-c5ccc6ccc7c8ccccc8ccc7c6c5)cc4c3)cc2)cc1. The van der Waals surface area contributed by atoms with Crippen molar-refractivity contribution in [2.75, 3.05) is 4.90 Å². The first kappa shape index (κ1) is 30.8. The molecule has 0 atom stereocenters. The molecule has 0 spiro atoms. The van der Waals surface area contributed by atoms with Crippen LogP contribution in [0.4, 0.5) is 17.1 Å². The van der Waals surface area contributed by atoms with Gasteiger partial charge in [-0.05, 0) is 125 Å². The van der Waals surface area contributed by atoms with Gasteiger partial charge in [0.25, 0.3) is 0 Å². The molecule has 0 aliphatic heterocycles. The Hall–Kier alpha value is -6.96. The zero-order valence-corrected chi connectivity index (χ0v) is 29.2. The molecular weight excluding hydrogens is 639 g/mol. The maximum absolute atomic E-state index is 2.37. The molecule has 248 valence electrons. The first-order chi connectivity index (χ1) is 26.2. The van der Waals surface area contributed by atoms with Crippen molar-refractivity contribution in [3.63, 3.8) is 0 Å². The molecule has 53 heavy (non-hydrogen) atoms. The first-order valence-corrected chi connectivity index (χ1v) is 18.2. The summed E-state index contributed by atoms with van der Waals surface area (Å²) in [4.78, 5) is 2.37. The quantitative estimate of drug-likeness (QED) is 0.159. The van der Waals surface area contributed by atoms with Crippen molar-refractivity contribution in [2.24, 2.45) is 0 Å². The van der Waals surface area contributed by atoms with E-state index in [-0.39, 0.29) is 0 Å². The Bertz CT molecular complexity index is 2930. The number of rotatable bonds is 6. The molecule has 0 aliphatic carbocycles. The Kier molecular flexibility index (Phi) is 7.55. The molecule has 0 bridgehead atoms. The van der Waals surface area contributed by atoms with Crippen molar-refractivity contribution < 1.29 is 0 Å². The molecular formula is C52H35N. The largest absolute Gasteiger partial charge is 0.310 e. The predicted octanol–water partition coefficient (Wildman–Crippen LogP) is 14.8. The van der Waals surface area contributed by atoms with Crippen molar-refractivity contribution in [1.29, 1.82) is 0 Å². The summed E-state index contributed by atoms with van der Waals surface area (Å²) < 4.78 is 0. The Labute approximate surface area is 309 Å². The molecule has 0 unspecified atom stereocenters. The zero-order valence-electron chi connectivity index (χ0n) is 29.2. The van der Waals surface area contributed by atoms with E-state index in [0.717, 1.165) is 17.1 Å². The maximum Gasteiger partial charge on any atom is 0.0468 e. The molecule has 10 aromatic carbocycles. The van der Waals surface area contributed by atoms with E-state index in [1.807, 2.05) is 0 Å². The molecule has 0 amide bonds. The number of hydrogen-bond acceptors (Lipinski definition) is 1. The third-order valence-electron chi connectivity index (χ3n) is 10.6. The van der Waals surface area contributed by atoms with Crippen molar-refractivity contribution >= 4 is 60.2 Å². The minimum atomic E-state index is 1.11. The van der Waals surface area contributed by atoms with E-state index in [1.165, 1.54) is 76.5 Å². The standard InChI is InChI=1S/C52H35N/c1-3-10-36(11-4-1)38-22-27-46(28-23-38)53(47-16-9-15-42(33-47)37-12-5-2-6-13-37)48-29-24-39-18-20-43(32-45(39)34-48)44-21-19-41-26-30-50-49-17-8-7-14-40(49)25-31-51(50)52(41)35-44/h1-35H. The molecule has 0 saturated carbocycles. The zero-order chi connectivity index (χ0) is 35.1. The fraction of sp³-hybridized carbons (Fsp3) is 0. The summed E-state index contributed by atoms with van der Waals surface area (Å²) in [6, 6.07) is 77.3. The second-order valence-electron chi connectivity index (χ2n) is 13.8. The van der Waals surface area contributed by atoms with Gasteiger partial charge in [0.2, 0.25) is 0 Å². The normalized spacial score (nSPS) is 11.4. The van der Waals surface area contributed by atoms with Gasteiger partial charge in [-0.2, -0.15) is 0 Å². The molecule has 0 N–H and O–H groups in total. The second-order valence-corrected chi connectivity index (χ2v) is 13.8. The Morgan fingerprint density at radius 2 is 0.698 bits per heavy atom. The smallest absolute Gasteiger partial charge is 0.0468 e. The summed E-state index contributed by atoms with van der Waals surface area (Å²) in [7, 11) is 0. The number of anilines is 3. The number of nitrogens with zero attached hydrogens (tertiary/aromatic N) is 1. The molecule has 10 rings (SSSR count). The Morgan fingerprint density at radius 3 is 1.47 bits per heavy atom. The second kappa shape index (κ2) is 13.0. The molecule has 0 radical (unpaired) electrons. The van der Waals surface area contributed by atoms with Crippen LogP contribution >= 0.6 is 0 Å². The van der Waals surface area contributed by atoms with E-state index in [9.17, 15) is 0 Å². The highest BCUT2D eigenvalue weighted by atomic mass is 15.1. The van der Waals surface area contributed by atoms with Gasteiger partial charge < -0.3 is 4.90 Å². The van der Waals surface area contributed by atoms with Crippen LogP contribution in [0.1, 0.15) is 0 Å². The lowest BCUT2D eigenvalue weighted by atomic mass is 9.94. The minimum Gasteiger partial charge on any atom is -0.310 e. The van der Waals surface area contributed by atoms with Crippen LogP contribution in [0.15, 0.2) is 212 Å². The van der Waals surface area contributed by atoms with Crippen LogP contribution in [-0.2, 0) is 0 Å². The van der Waals surface area contributed by atoms with Gasteiger partial charge in [0.1, 0.15) is 0 Å². The molecule has 1 nitrogen and oxygen atoms in total. The highest BCUT2D eigenvalue weighted by Gasteiger charge is 2.15. The lowest BCUT2D eigenvalue weighted by Gasteiger charge is -2.26. The molecule has 0 heterocycles. The van der Waals surface area contributed by atoms with E-state index >= 15 is 0 Å². The number of hydrogen-bond donors (Lipinski definition) is 0. The highest BCUT2D eigenvalue weighted by Crippen LogP contribution is 2.40. The van der Waals surface area contributed by atoms with Gasteiger partial charge in [-0.15, -0.1) is 0 Å². The predicted molar refractivity (Wildman–Crippen MR) is 227 cm³/mol. The molecule has 0 saturated heterocycles. The van der Waals surface area contributed by atoms with Crippen LogP contribution in [0.5, 0.6) is 0 Å². The van der Waals surface area contributed by atoms with Gasteiger partial charge in [0.15, 0.2) is 0 Å². The van der Waals surface area contributed by atoms with Gasteiger partial charge in [-0.1, -0.05) is 164 Å². The average molecular weight is 674 g/mol. The van der Waals surface area contributed by atoms with Crippen LogP contribution < -0.4 is 4.90 Å². The van der Waals surface area contributed by atoms with E-state index in [0.29, 0.717) is 0 Å². The third-order valence-corrected chi connectivity index (χ3v) is 10.6. The van der Waals surface area contributed by atoms with Crippen molar-refractivity contribution in [3.8, 4) is 33.4 Å². The maximum atomic E-state index is 2.37. The topological polar surface area (TPSA) is 3.24 Å². The lowest BCUT2D eigenvalue weighted by molar-refractivity contribution is 1.29.